The van der Waals surface area contributed by atoms with Crippen LogP contribution in [0.15, 0.2) is 43.0 Å². The van der Waals surface area contributed by atoms with E-state index in [0.717, 1.165) is 6.20 Å². The lowest BCUT2D eigenvalue weighted by molar-refractivity contribution is 0.0964. The first-order valence-corrected chi connectivity index (χ1v) is 9.56. The number of hydrogen-bond acceptors (Lipinski definition) is 8. The molecule has 160 valence electrons. The summed E-state index contributed by atoms with van der Waals surface area (Å²) in [7, 11) is 1.53. The summed E-state index contributed by atoms with van der Waals surface area (Å²) in [6, 6.07) is 7.89. The van der Waals surface area contributed by atoms with E-state index in [9.17, 15) is 14.4 Å². The number of carbonyl (C=O) groups excluding carboxylic acids is 1. The van der Waals surface area contributed by atoms with Crippen LogP contribution < -0.4 is 16.4 Å². The van der Waals surface area contributed by atoms with Crippen LogP contribution in [0.1, 0.15) is 34.7 Å². The molecule has 0 spiro atoms. The lowest BCUT2D eigenvalue weighted by Crippen LogP contribution is -2.20. The number of halogens is 1. The number of aromatic nitrogens is 5. The van der Waals surface area contributed by atoms with Gasteiger partial charge in [-0.05, 0) is 19.1 Å². The van der Waals surface area contributed by atoms with E-state index >= 15 is 0 Å². The van der Waals surface area contributed by atoms with Gasteiger partial charge in [0.25, 0.3) is 5.91 Å². The zero-order valence-corrected chi connectivity index (χ0v) is 17.2. The lowest BCUT2D eigenvalue weighted by atomic mass is 10.1. The molecular formula is C21H18FN9O. The standard InChI is InChI=1S/C21H18FN9O/c1-11(29-19-15(7-23)18(24)27-10-28-19)20-30-16-5-3-4-14(21(32)25-2)17(16)31(20)13-6-12(22)8-26-9-13/h3-6,8-11H,1-2H3,(H,25,32)(H3,24,27,28,29)/t11-/m1/s1. The number of carbonyl (C=O) groups is 1. The minimum absolute atomic E-state index is 0.0435. The molecule has 4 aromatic rings. The Morgan fingerprint density at radius 1 is 1.31 bits per heavy atom. The maximum Gasteiger partial charge on any atom is 0.253 e. The molecule has 0 saturated heterocycles. The van der Waals surface area contributed by atoms with E-state index < -0.39 is 11.9 Å². The van der Waals surface area contributed by atoms with Crippen LogP contribution >= 0.6 is 0 Å². The van der Waals surface area contributed by atoms with Crippen LogP contribution in [0.3, 0.4) is 0 Å². The highest BCUT2D eigenvalue weighted by Gasteiger charge is 2.23. The van der Waals surface area contributed by atoms with E-state index in [2.05, 4.69) is 30.6 Å². The number of rotatable bonds is 5. The first-order valence-electron chi connectivity index (χ1n) is 9.56. The number of nitrogen functional groups attached to an aromatic ring is 1. The normalized spacial score (nSPS) is 11.7. The zero-order valence-electron chi connectivity index (χ0n) is 17.2. The number of imidazole rings is 1. The van der Waals surface area contributed by atoms with Crippen molar-refractivity contribution in [1.29, 1.82) is 5.26 Å². The Morgan fingerprint density at radius 3 is 2.84 bits per heavy atom. The Morgan fingerprint density at radius 2 is 2.12 bits per heavy atom. The molecule has 0 aliphatic carbocycles. The molecule has 0 unspecified atom stereocenters. The van der Waals surface area contributed by atoms with Crippen LogP contribution in [0, 0.1) is 17.1 Å². The summed E-state index contributed by atoms with van der Waals surface area (Å²) < 4.78 is 15.7. The lowest BCUT2D eigenvalue weighted by Gasteiger charge is -2.18. The number of nitriles is 1. The second-order valence-electron chi connectivity index (χ2n) is 6.88. The highest BCUT2D eigenvalue weighted by atomic mass is 19.1. The van der Waals surface area contributed by atoms with Gasteiger partial charge in [0.2, 0.25) is 0 Å². The van der Waals surface area contributed by atoms with Gasteiger partial charge < -0.3 is 16.4 Å². The first-order chi connectivity index (χ1) is 15.4. The van der Waals surface area contributed by atoms with Gasteiger partial charge >= 0.3 is 0 Å². The van der Waals surface area contributed by atoms with Gasteiger partial charge in [-0.15, -0.1) is 0 Å². The second-order valence-corrected chi connectivity index (χ2v) is 6.88. The van der Waals surface area contributed by atoms with Crippen molar-refractivity contribution < 1.29 is 9.18 Å². The van der Waals surface area contributed by atoms with Crippen LogP contribution in [-0.4, -0.2) is 37.5 Å². The first kappa shape index (κ1) is 20.7. The summed E-state index contributed by atoms with van der Waals surface area (Å²) in [5.74, 6) is -0.131. The van der Waals surface area contributed by atoms with E-state index in [1.165, 1.54) is 25.6 Å². The van der Waals surface area contributed by atoms with Gasteiger partial charge in [0, 0.05) is 13.1 Å². The van der Waals surface area contributed by atoms with Gasteiger partial charge in [-0.1, -0.05) is 6.07 Å². The van der Waals surface area contributed by atoms with Crippen LogP contribution in [0.4, 0.5) is 16.0 Å². The van der Waals surface area contributed by atoms with Crippen LogP contribution in [-0.2, 0) is 0 Å². The molecule has 0 radical (unpaired) electrons. The van der Waals surface area contributed by atoms with Crippen LogP contribution in [0.25, 0.3) is 16.7 Å². The minimum atomic E-state index is -0.538. The highest BCUT2D eigenvalue weighted by molar-refractivity contribution is 6.05. The SMILES string of the molecule is CNC(=O)c1cccc2nc([C@@H](C)Nc3ncnc(N)c3C#N)n(-c3cncc(F)c3)c12. The largest absolute Gasteiger partial charge is 0.382 e. The molecule has 32 heavy (non-hydrogen) atoms. The number of amides is 1. The molecule has 4 rings (SSSR count). The third-order valence-electron chi connectivity index (χ3n) is 4.85. The topological polar surface area (TPSA) is 147 Å². The quantitative estimate of drug-likeness (QED) is 0.436. The molecule has 0 aliphatic rings. The molecule has 0 fully saturated rings. The number of para-hydroxylation sites is 1. The van der Waals surface area contributed by atoms with Crippen molar-refractivity contribution in [1.82, 2.24) is 29.8 Å². The number of benzene rings is 1. The van der Waals surface area contributed by atoms with Crippen molar-refractivity contribution in [2.45, 2.75) is 13.0 Å². The summed E-state index contributed by atoms with van der Waals surface area (Å²) in [5, 5.41) is 15.1. The molecule has 1 atom stereocenters. The van der Waals surface area contributed by atoms with Gasteiger partial charge in [0.1, 0.15) is 41.2 Å². The van der Waals surface area contributed by atoms with Crippen LogP contribution in [0.5, 0.6) is 0 Å². The molecule has 1 amide bonds. The summed E-state index contributed by atoms with van der Waals surface area (Å²) in [4.78, 5) is 29.1. The van der Waals surface area contributed by atoms with E-state index in [-0.39, 0.29) is 23.1 Å². The molecular weight excluding hydrogens is 413 g/mol. The Kier molecular flexibility index (Phi) is 5.34. The number of nitrogens with two attached hydrogens (primary N) is 1. The molecule has 0 aliphatic heterocycles. The second kappa shape index (κ2) is 8.27. The van der Waals surface area contributed by atoms with Crippen molar-refractivity contribution in [3.63, 3.8) is 0 Å². The van der Waals surface area contributed by atoms with Crippen molar-refractivity contribution in [3.8, 4) is 11.8 Å². The van der Waals surface area contributed by atoms with E-state index in [4.69, 9.17) is 5.73 Å². The molecule has 4 N–H and O–H groups in total. The number of nitrogens with one attached hydrogen (secondary N) is 2. The van der Waals surface area contributed by atoms with Crippen LogP contribution in [0.2, 0.25) is 0 Å². The number of pyridine rings is 1. The predicted octanol–water partition coefficient (Wildman–Crippen LogP) is 2.34. The van der Waals surface area contributed by atoms with E-state index in [1.54, 1.807) is 29.7 Å². The van der Waals surface area contributed by atoms with Crippen molar-refractivity contribution in [3.05, 3.63) is 65.8 Å². The van der Waals surface area contributed by atoms with Gasteiger partial charge in [0.15, 0.2) is 0 Å². The fourth-order valence-electron chi connectivity index (χ4n) is 3.43. The molecule has 0 bridgehead atoms. The third kappa shape index (κ3) is 3.54. The van der Waals surface area contributed by atoms with E-state index in [1.807, 2.05) is 6.07 Å². The van der Waals surface area contributed by atoms with E-state index in [0.29, 0.717) is 28.1 Å². The third-order valence-corrected chi connectivity index (χ3v) is 4.85. The Balaban J connectivity index is 1.93. The average molecular weight is 431 g/mol. The Labute approximate surface area is 182 Å². The zero-order chi connectivity index (χ0) is 22.8. The number of hydrogen-bond donors (Lipinski definition) is 3. The molecule has 0 saturated carbocycles. The van der Waals surface area contributed by atoms with Crippen molar-refractivity contribution >= 4 is 28.6 Å². The molecule has 3 heterocycles. The van der Waals surface area contributed by atoms with Gasteiger partial charge in [0.05, 0.1) is 40.7 Å². The fourth-order valence-corrected chi connectivity index (χ4v) is 3.43. The monoisotopic (exact) mass is 431 g/mol. The van der Waals surface area contributed by atoms with Gasteiger partial charge in [-0.2, -0.15) is 5.26 Å². The number of fused-ring (bicyclic) bond motifs is 1. The number of nitrogens with zero attached hydrogens (tertiary/aromatic N) is 6. The average Bonchev–Trinajstić information content (AvgIpc) is 3.18. The number of anilines is 2. The predicted molar refractivity (Wildman–Crippen MR) is 115 cm³/mol. The smallest absolute Gasteiger partial charge is 0.253 e. The summed E-state index contributed by atoms with van der Waals surface area (Å²) in [6.45, 7) is 1.80. The van der Waals surface area contributed by atoms with Crippen molar-refractivity contribution in [2.75, 3.05) is 18.1 Å². The summed E-state index contributed by atoms with van der Waals surface area (Å²) in [5.41, 5.74) is 7.65. The Hall–Kier alpha value is -4.59. The minimum Gasteiger partial charge on any atom is -0.382 e. The van der Waals surface area contributed by atoms with Gasteiger partial charge in [-0.3, -0.25) is 14.3 Å². The fraction of sp³-hybridized carbons (Fsp3) is 0.143. The molecule has 10 nitrogen and oxygen atoms in total. The maximum absolute atomic E-state index is 14.0. The maximum atomic E-state index is 14.0. The highest BCUT2D eigenvalue weighted by Crippen LogP contribution is 2.30. The summed E-state index contributed by atoms with van der Waals surface area (Å²) >= 11 is 0. The molecule has 3 aromatic heterocycles. The Bertz CT molecular complexity index is 1380. The molecule has 11 heteroatoms. The van der Waals surface area contributed by atoms with Crippen molar-refractivity contribution in [2.24, 2.45) is 0 Å². The van der Waals surface area contributed by atoms with Gasteiger partial charge in [-0.25, -0.2) is 19.3 Å². The molecule has 1 aromatic carbocycles. The summed E-state index contributed by atoms with van der Waals surface area (Å²) in [6.07, 6.45) is 3.81.